The van der Waals surface area contributed by atoms with Crippen molar-refractivity contribution in [2.24, 2.45) is 0 Å². The van der Waals surface area contributed by atoms with Crippen molar-refractivity contribution in [3.63, 3.8) is 0 Å². The van der Waals surface area contributed by atoms with Gasteiger partial charge in [0.2, 0.25) is 9.84 Å². The third-order valence-electron chi connectivity index (χ3n) is 4.80. The van der Waals surface area contributed by atoms with Crippen LogP contribution in [0.25, 0.3) is 11.0 Å². The number of aliphatic hydroxyl groups excluding tert-OH is 1. The fraction of sp³-hybridized carbons (Fsp3) is 0.391. The summed E-state index contributed by atoms with van der Waals surface area (Å²) in [5.74, 6) is 1.01. The monoisotopic (exact) mass is 431 g/mol. The zero-order chi connectivity index (χ0) is 21.7. The maximum Gasteiger partial charge on any atom is 0.210 e. The van der Waals surface area contributed by atoms with Gasteiger partial charge in [-0.05, 0) is 56.9 Å². The molecule has 0 bridgehead atoms. The number of fused-ring (bicyclic) bond motifs is 1. The first-order chi connectivity index (χ1) is 14.3. The first-order valence-corrected chi connectivity index (χ1v) is 11.6. The second-order valence-electron chi connectivity index (χ2n) is 7.66. The van der Waals surface area contributed by atoms with Crippen molar-refractivity contribution in [3.8, 4) is 5.75 Å². The molecule has 0 aliphatic rings. The van der Waals surface area contributed by atoms with Gasteiger partial charge in [0, 0.05) is 18.4 Å². The van der Waals surface area contributed by atoms with Crippen LogP contribution in [0.2, 0.25) is 0 Å². The van der Waals surface area contributed by atoms with E-state index in [9.17, 15) is 13.5 Å². The van der Waals surface area contributed by atoms with Crippen LogP contribution < -0.4 is 4.74 Å². The lowest BCUT2D eigenvalue weighted by Gasteiger charge is -2.16. The van der Waals surface area contributed by atoms with Gasteiger partial charge in [0.05, 0.1) is 4.90 Å². The van der Waals surface area contributed by atoms with Crippen LogP contribution in [-0.4, -0.2) is 51.8 Å². The number of sulfone groups is 1. The van der Waals surface area contributed by atoms with Crippen LogP contribution in [0.4, 0.5) is 0 Å². The van der Waals surface area contributed by atoms with E-state index < -0.39 is 15.9 Å². The third kappa shape index (κ3) is 5.03. The van der Waals surface area contributed by atoms with E-state index >= 15 is 0 Å². The van der Waals surface area contributed by atoms with E-state index in [1.54, 1.807) is 24.3 Å². The SMILES string of the molecule is CCCCc1oc2ccccc2c1S(=O)(=O)c1ccc(OCC(O)CN(C)C)cc1. The number of aliphatic hydroxyl groups is 1. The number of hydrogen-bond acceptors (Lipinski definition) is 6. The second kappa shape index (κ2) is 9.64. The molecule has 7 heteroatoms. The Morgan fingerprint density at radius 2 is 1.80 bits per heavy atom. The maximum absolute atomic E-state index is 13.4. The predicted molar refractivity (Wildman–Crippen MR) is 117 cm³/mol. The lowest BCUT2D eigenvalue weighted by Crippen LogP contribution is -2.30. The van der Waals surface area contributed by atoms with Crippen molar-refractivity contribution in [2.45, 2.75) is 42.1 Å². The minimum Gasteiger partial charge on any atom is -0.491 e. The summed E-state index contributed by atoms with van der Waals surface area (Å²) >= 11 is 0. The Labute approximate surface area is 178 Å². The van der Waals surface area contributed by atoms with Crippen LogP contribution in [0.5, 0.6) is 5.75 Å². The number of furan rings is 1. The van der Waals surface area contributed by atoms with Gasteiger partial charge in [0.1, 0.15) is 34.7 Å². The maximum atomic E-state index is 13.4. The zero-order valence-corrected chi connectivity index (χ0v) is 18.5. The summed E-state index contributed by atoms with van der Waals surface area (Å²) in [6.07, 6.45) is 1.75. The molecule has 30 heavy (non-hydrogen) atoms. The average molecular weight is 432 g/mol. The van der Waals surface area contributed by atoms with Crippen LogP contribution in [0.15, 0.2) is 62.7 Å². The van der Waals surface area contributed by atoms with Crippen LogP contribution in [0.3, 0.4) is 0 Å². The molecule has 0 amide bonds. The fourth-order valence-corrected chi connectivity index (χ4v) is 5.00. The lowest BCUT2D eigenvalue weighted by atomic mass is 10.2. The smallest absolute Gasteiger partial charge is 0.210 e. The number of ether oxygens (including phenoxy) is 1. The minimum atomic E-state index is -3.75. The first kappa shape index (κ1) is 22.3. The lowest BCUT2D eigenvalue weighted by molar-refractivity contribution is 0.0831. The Morgan fingerprint density at radius 1 is 1.10 bits per heavy atom. The minimum absolute atomic E-state index is 0.137. The van der Waals surface area contributed by atoms with Gasteiger partial charge in [-0.25, -0.2) is 8.42 Å². The molecule has 0 radical (unpaired) electrons. The molecule has 1 aromatic heterocycles. The molecule has 1 N–H and O–H groups in total. The molecule has 0 fully saturated rings. The van der Waals surface area contributed by atoms with Gasteiger partial charge in [-0.15, -0.1) is 0 Å². The summed E-state index contributed by atoms with van der Waals surface area (Å²) in [4.78, 5) is 2.31. The van der Waals surface area contributed by atoms with Gasteiger partial charge in [-0.2, -0.15) is 0 Å². The fourth-order valence-electron chi connectivity index (χ4n) is 3.37. The van der Waals surface area contributed by atoms with Gasteiger partial charge in [-0.1, -0.05) is 25.5 Å². The van der Waals surface area contributed by atoms with Gasteiger partial charge in [-0.3, -0.25) is 0 Å². The summed E-state index contributed by atoms with van der Waals surface area (Å²) in [6, 6.07) is 13.5. The Morgan fingerprint density at radius 3 is 2.47 bits per heavy atom. The molecule has 0 spiro atoms. The van der Waals surface area contributed by atoms with Gasteiger partial charge in [0.15, 0.2) is 0 Å². The summed E-state index contributed by atoms with van der Waals surface area (Å²) < 4.78 is 38.4. The van der Waals surface area contributed by atoms with Crippen LogP contribution in [0.1, 0.15) is 25.5 Å². The molecule has 0 aliphatic carbocycles. The van der Waals surface area contributed by atoms with Gasteiger partial charge < -0.3 is 19.2 Å². The van der Waals surface area contributed by atoms with Gasteiger partial charge >= 0.3 is 0 Å². The number of hydrogen-bond donors (Lipinski definition) is 1. The molecule has 3 aromatic rings. The average Bonchev–Trinajstić information content (AvgIpc) is 3.09. The number of para-hydroxylation sites is 1. The van der Waals surface area contributed by atoms with E-state index in [4.69, 9.17) is 9.15 Å². The molecule has 162 valence electrons. The highest BCUT2D eigenvalue weighted by Gasteiger charge is 2.27. The van der Waals surface area contributed by atoms with E-state index in [1.165, 1.54) is 12.1 Å². The summed E-state index contributed by atoms with van der Waals surface area (Å²) in [5, 5.41) is 10.5. The summed E-state index contributed by atoms with van der Waals surface area (Å²) in [6.45, 7) is 2.68. The van der Waals surface area contributed by atoms with Gasteiger partial charge in [0.25, 0.3) is 0 Å². The summed E-state index contributed by atoms with van der Waals surface area (Å²) in [5.41, 5.74) is 0.581. The highest BCUT2D eigenvalue weighted by atomic mass is 32.2. The molecule has 6 nitrogen and oxygen atoms in total. The second-order valence-corrected chi connectivity index (χ2v) is 9.54. The van der Waals surface area contributed by atoms with E-state index in [1.807, 2.05) is 31.1 Å². The quantitative estimate of drug-likeness (QED) is 0.524. The molecule has 1 unspecified atom stereocenters. The number of aryl methyl sites for hydroxylation is 1. The number of unbranched alkanes of at least 4 members (excludes halogenated alkanes) is 1. The summed E-state index contributed by atoms with van der Waals surface area (Å²) in [7, 11) is -0.00813. The van der Waals surface area contributed by atoms with E-state index in [-0.39, 0.29) is 16.4 Å². The number of nitrogens with zero attached hydrogens (tertiary/aromatic N) is 1. The first-order valence-electron chi connectivity index (χ1n) is 10.1. The highest BCUT2D eigenvalue weighted by Crippen LogP contribution is 2.35. The molecule has 1 heterocycles. The topological polar surface area (TPSA) is 80.0 Å². The van der Waals surface area contributed by atoms with Crippen LogP contribution >= 0.6 is 0 Å². The normalized spacial score (nSPS) is 13.1. The highest BCUT2D eigenvalue weighted by molar-refractivity contribution is 7.91. The molecule has 0 saturated heterocycles. The largest absolute Gasteiger partial charge is 0.491 e. The molecular formula is C23H29NO5S. The van der Waals surface area contributed by atoms with E-state index in [0.717, 1.165) is 12.8 Å². The van der Waals surface area contributed by atoms with Crippen molar-refractivity contribution in [1.82, 2.24) is 4.90 Å². The molecule has 1 atom stereocenters. The van der Waals surface area contributed by atoms with E-state index in [0.29, 0.717) is 35.4 Å². The molecule has 2 aromatic carbocycles. The Hall–Kier alpha value is -2.35. The van der Waals surface area contributed by atoms with Crippen molar-refractivity contribution in [2.75, 3.05) is 27.2 Å². The van der Waals surface area contributed by atoms with E-state index in [2.05, 4.69) is 6.92 Å². The number of rotatable bonds is 10. The molecule has 3 rings (SSSR count). The Bertz CT molecular complexity index is 1070. The molecule has 0 aliphatic heterocycles. The van der Waals surface area contributed by atoms with Crippen molar-refractivity contribution < 1.29 is 22.7 Å². The van der Waals surface area contributed by atoms with Crippen molar-refractivity contribution in [1.29, 1.82) is 0 Å². The number of benzene rings is 2. The van der Waals surface area contributed by atoms with Crippen LogP contribution in [-0.2, 0) is 16.3 Å². The number of likely N-dealkylation sites (N-methyl/N-ethyl adjacent to an activating group) is 1. The third-order valence-corrected chi connectivity index (χ3v) is 6.67. The predicted octanol–water partition coefficient (Wildman–Crippen LogP) is 3.91. The van der Waals surface area contributed by atoms with Crippen molar-refractivity contribution >= 4 is 20.8 Å². The Kier molecular flexibility index (Phi) is 7.18. The molecule has 0 saturated carbocycles. The molecular weight excluding hydrogens is 402 g/mol. The van der Waals surface area contributed by atoms with Crippen molar-refractivity contribution in [3.05, 3.63) is 54.3 Å². The Balaban J connectivity index is 1.87. The standard InChI is InChI=1S/C23H29NO5S/c1-4-5-9-22-23(20-8-6-7-10-21(20)29-22)30(26,27)19-13-11-18(12-14-19)28-16-17(25)15-24(2)3/h6-8,10-14,17,25H,4-5,9,15-16H2,1-3H3. The van der Waals surface area contributed by atoms with Crippen LogP contribution in [0, 0.1) is 0 Å². The zero-order valence-electron chi connectivity index (χ0n) is 17.7.